The smallest absolute Gasteiger partial charge is 0.347 e. The van der Waals surface area contributed by atoms with Gasteiger partial charge < -0.3 is 19.3 Å². The zero-order chi connectivity index (χ0) is 19.2. The molecule has 0 bridgehead atoms. The standard InChI is InChI=1S/C20H22O6/c1-20(2,19(22)23)26-16-10-9-15(11-17(16)24-3)12-18(21)25-13-14-7-5-4-6-8-14/h4-11H,12-13H2,1-3H3,(H,22,23). The van der Waals surface area contributed by atoms with Crippen molar-refractivity contribution in [2.45, 2.75) is 32.5 Å². The van der Waals surface area contributed by atoms with Crippen LogP contribution in [-0.4, -0.2) is 29.8 Å². The topological polar surface area (TPSA) is 82.1 Å². The number of hydrogen-bond acceptors (Lipinski definition) is 5. The minimum absolute atomic E-state index is 0.0752. The van der Waals surface area contributed by atoms with Crippen LogP contribution >= 0.6 is 0 Å². The van der Waals surface area contributed by atoms with E-state index in [2.05, 4.69) is 0 Å². The van der Waals surface area contributed by atoms with Crippen LogP contribution in [0.3, 0.4) is 0 Å². The maximum atomic E-state index is 12.0. The molecule has 0 radical (unpaired) electrons. The molecule has 2 aromatic rings. The Hall–Kier alpha value is -3.02. The molecule has 1 N–H and O–H groups in total. The van der Waals surface area contributed by atoms with E-state index in [0.29, 0.717) is 17.1 Å². The second-order valence-corrected chi connectivity index (χ2v) is 6.23. The Bertz CT molecular complexity index is 767. The number of methoxy groups -OCH3 is 1. The monoisotopic (exact) mass is 358 g/mol. The van der Waals surface area contributed by atoms with E-state index < -0.39 is 11.6 Å². The molecule has 0 amide bonds. The fraction of sp³-hybridized carbons (Fsp3) is 0.300. The summed E-state index contributed by atoms with van der Waals surface area (Å²) in [7, 11) is 1.45. The molecular formula is C20H22O6. The SMILES string of the molecule is COc1cc(CC(=O)OCc2ccccc2)ccc1OC(C)(C)C(=O)O. The van der Waals surface area contributed by atoms with Gasteiger partial charge in [0.25, 0.3) is 0 Å². The molecule has 6 nitrogen and oxygen atoms in total. The number of rotatable bonds is 8. The van der Waals surface area contributed by atoms with Crippen LogP contribution in [0.5, 0.6) is 11.5 Å². The van der Waals surface area contributed by atoms with Gasteiger partial charge in [-0.3, -0.25) is 4.79 Å². The number of esters is 1. The van der Waals surface area contributed by atoms with Gasteiger partial charge in [-0.15, -0.1) is 0 Å². The first kappa shape index (κ1) is 19.3. The lowest BCUT2D eigenvalue weighted by molar-refractivity contribution is -0.152. The molecular weight excluding hydrogens is 336 g/mol. The fourth-order valence-corrected chi connectivity index (χ4v) is 2.18. The van der Waals surface area contributed by atoms with Gasteiger partial charge in [0, 0.05) is 0 Å². The molecule has 0 fully saturated rings. The predicted molar refractivity (Wildman–Crippen MR) is 95.3 cm³/mol. The van der Waals surface area contributed by atoms with E-state index in [4.69, 9.17) is 19.3 Å². The van der Waals surface area contributed by atoms with Crippen LogP contribution < -0.4 is 9.47 Å². The van der Waals surface area contributed by atoms with Crippen LogP contribution in [-0.2, 0) is 27.4 Å². The van der Waals surface area contributed by atoms with Gasteiger partial charge in [-0.25, -0.2) is 4.79 Å². The first-order valence-corrected chi connectivity index (χ1v) is 8.10. The highest BCUT2D eigenvalue weighted by atomic mass is 16.5. The van der Waals surface area contributed by atoms with E-state index in [-0.39, 0.29) is 19.0 Å². The largest absolute Gasteiger partial charge is 0.493 e. The maximum absolute atomic E-state index is 12.0. The van der Waals surface area contributed by atoms with Crippen LogP contribution in [0, 0.1) is 0 Å². The molecule has 0 unspecified atom stereocenters. The van der Waals surface area contributed by atoms with Gasteiger partial charge in [-0.05, 0) is 37.1 Å². The summed E-state index contributed by atoms with van der Waals surface area (Å²) in [4.78, 5) is 23.2. The summed E-state index contributed by atoms with van der Waals surface area (Å²) in [6.07, 6.45) is 0.0752. The number of benzene rings is 2. The van der Waals surface area contributed by atoms with Crippen LogP contribution in [0.15, 0.2) is 48.5 Å². The van der Waals surface area contributed by atoms with Gasteiger partial charge >= 0.3 is 11.9 Å². The summed E-state index contributed by atoms with van der Waals surface area (Å²) in [5, 5.41) is 9.17. The Morgan fingerprint density at radius 2 is 1.69 bits per heavy atom. The van der Waals surface area contributed by atoms with Gasteiger partial charge in [0.1, 0.15) is 6.61 Å². The van der Waals surface area contributed by atoms with E-state index in [1.807, 2.05) is 30.3 Å². The maximum Gasteiger partial charge on any atom is 0.347 e. The average molecular weight is 358 g/mol. The summed E-state index contributed by atoms with van der Waals surface area (Å²) in [6, 6.07) is 14.3. The van der Waals surface area contributed by atoms with Crippen molar-refractivity contribution < 1.29 is 28.9 Å². The molecule has 0 aliphatic rings. The molecule has 138 valence electrons. The second-order valence-electron chi connectivity index (χ2n) is 6.23. The number of carbonyl (C=O) groups is 2. The fourth-order valence-electron chi connectivity index (χ4n) is 2.18. The number of carboxylic acids is 1. The van der Waals surface area contributed by atoms with E-state index in [0.717, 1.165) is 5.56 Å². The lowest BCUT2D eigenvalue weighted by Crippen LogP contribution is -2.38. The Kier molecular flexibility index (Phi) is 6.22. The Morgan fingerprint density at radius 3 is 2.31 bits per heavy atom. The van der Waals surface area contributed by atoms with Gasteiger partial charge in [0.15, 0.2) is 17.1 Å². The third kappa shape index (κ3) is 5.24. The van der Waals surface area contributed by atoms with E-state index in [1.165, 1.54) is 21.0 Å². The molecule has 0 aliphatic carbocycles. The molecule has 0 saturated heterocycles. The minimum atomic E-state index is -1.40. The number of carbonyl (C=O) groups excluding carboxylic acids is 1. The molecule has 26 heavy (non-hydrogen) atoms. The first-order valence-electron chi connectivity index (χ1n) is 8.10. The average Bonchev–Trinajstić information content (AvgIpc) is 2.61. The van der Waals surface area contributed by atoms with Crippen molar-refractivity contribution >= 4 is 11.9 Å². The lowest BCUT2D eigenvalue weighted by atomic mass is 10.1. The Labute approximate surface area is 152 Å². The van der Waals surface area contributed by atoms with Gasteiger partial charge in [0.05, 0.1) is 13.5 Å². The molecule has 0 saturated carbocycles. The van der Waals surface area contributed by atoms with E-state index in [1.54, 1.807) is 18.2 Å². The zero-order valence-corrected chi connectivity index (χ0v) is 15.0. The van der Waals surface area contributed by atoms with Crippen molar-refractivity contribution in [2.24, 2.45) is 0 Å². The third-order valence-corrected chi connectivity index (χ3v) is 3.70. The Balaban J connectivity index is 2.02. The van der Waals surface area contributed by atoms with Crippen LogP contribution in [0.1, 0.15) is 25.0 Å². The minimum Gasteiger partial charge on any atom is -0.493 e. The molecule has 6 heteroatoms. The predicted octanol–water partition coefficient (Wildman–Crippen LogP) is 3.22. The highest BCUT2D eigenvalue weighted by Crippen LogP contribution is 2.31. The zero-order valence-electron chi connectivity index (χ0n) is 15.0. The summed E-state index contributed by atoms with van der Waals surface area (Å²) >= 11 is 0. The van der Waals surface area contributed by atoms with Crippen molar-refractivity contribution in [3.05, 3.63) is 59.7 Å². The van der Waals surface area contributed by atoms with E-state index >= 15 is 0 Å². The highest BCUT2D eigenvalue weighted by Gasteiger charge is 2.30. The van der Waals surface area contributed by atoms with Crippen molar-refractivity contribution in [3.63, 3.8) is 0 Å². The van der Waals surface area contributed by atoms with E-state index in [9.17, 15) is 9.59 Å². The lowest BCUT2D eigenvalue weighted by Gasteiger charge is -2.23. The molecule has 0 aliphatic heterocycles. The summed E-state index contributed by atoms with van der Waals surface area (Å²) < 4.78 is 16.0. The molecule has 0 atom stereocenters. The van der Waals surface area contributed by atoms with Crippen LogP contribution in [0.4, 0.5) is 0 Å². The van der Waals surface area contributed by atoms with Gasteiger partial charge in [-0.2, -0.15) is 0 Å². The molecule has 2 aromatic carbocycles. The third-order valence-electron chi connectivity index (χ3n) is 3.70. The second kappa shape index (κ2) is 8.38. The quantitative estimate of drug-likeness (QED) is 0.730. The van der Waals surface area contributed by atoms with Crippen molar-refractivity contribution in [1.29, 1.82) is 0 Å². The van der Waals surface area contributed by atoms with Crippen LogP contribution in [0.25, 0.3) is 0 Å². The highest BCUT2D eigenvalue weighted by molar-refractivity contribution is 5.77. The summed E-state index contributed by atoms with van der Waals surface area (Å²) in [5.74, 6) is -0.808. The number of ether oxygens (including phenoxy) is 3. The molecule has 0 spiro atoms. The molecule has 2 rings (SSSR count). The normalized spacial score (nSPS) is 10.9. The Morgan fingerprint density at radius 1 is 1.00 bits per heavy atom. The summed E-state index contributed by atoms with van der Waals surface area (Å²) in [5.41, 5.74) is 0.196. The van der Waals surface area contributed by atoms with Crippen molar-refractivity contribution in [3.8, 4) is 11.5 Å². The van der Waals surface area contributed by atoms with Crippen molar-refractivity contribution in [2.75, 3.05) is 7.11 Å². The van der Waals surface area contributed by atoms with Crippen LogP contribution in [0.2, 0.25) is 0 Å². The number of hydrogen-bond donors (Lipinski definition) is 1. The van der Waals surface area contributed by atoms with Gasteiger partial charge in [-0.1, -0.05) is 36.4 Å². The number of carboxylic acid groups (broad SMARTS) is 1. The number of aliphatic carboxylic acids is 1. The van der Waals surface area contributed by atoms with Gasteiger partial charge in [0.2, 0.25) is 0 Å². The summed E-state index contributed by atoms with van der Waals surface area (Å²) in [6.45, 7) is 3.11. The molecule has 0 heterocycles. The van der Waals surface area contributed by atoms with Crippen molar-refractivity contribution in [1.82, 2.24) is 0 Å². The first-order chi connectivity index (χ1) is 12.3. The molecule has 0 aromatic heterocycles.